The van der Waals surface area contributed by atoms with Crippen LogP contribution in [0.4, 0.5) is 10.2 Å². The first-order chi connectivity index (χ1) is 11.1. The number of carbonyl (C=O) groups is 1. The lowest BCUT2D eigenvalue weighted by Crippen LogP contribution is -2.31. The second-order valence-corrected chi connectivity index (χ2v) is 5.95. The largest absolute Gasteiger partial charge is 0.310 e. The molecule has 1 aliphatic heterocycles. The molecule has 0 radical (unpaired) electrons. The van der Waals surface area contributed by atoms with Crippen LogP contribution in [-0.2, 0) is 4.79 Å². The number of hydrogen-bond acceptors (Lipinski definition) is 4. The van der Waals surface area contributed by atoms with Gasteiger partial charge in [-0.2, -0.15) is 0 Å². The Morgan fingerprint density at radius 3 is 3.00 bits per heavy atom. The number of aromatic nitrogens is 2. The average molecular weight is 329 g/mol. The predicted molar refractivity (Wildman–Crippen MR) is 85.9 cm³/mol. The van der Waals surface area contributed by atoms with Gasteiger partial charge in [-0.15, -0.1) is 6.42 Å². The molecule has 1 atom stereocenters. The van der Waals surface area contributed by atoms with Gasteiger partial charge in [0.25, 0.3) is 5.56 Å². The van der Waals surface area contributed by atoms with Crippen molar-refractivity contribution in [3.8, 4) is 12.3 Å². The summed E-state index contributed by atoms with van der Waals surface area (Å²) in [4.78, 5) is 31.3. The molecule has 2 N–H and O–H groups in total. The number of nitrogens with one attached hydrogen (secondary N) is 2. The summed E-state index contributed by atoms with van der Waals surface area (Å²) in [6, 6.07) is 5.88. The molecule has 0 unspecified atom stereocenters. The summed E-state index contributed by atoms with van der Waals surface area (Å²) in [5.41, 5.74) is 0.543. The average Bonchev–Trinajstić information content (AvgIpc) is 2.51. The molecule has 3 rings (SSSR count). The molecule has 1 aromatic carbocycles. The fourth-order valence-electron chi connectivity index (χ4n) is 2.54. The number of fused-ring (bicyclic) bond motifs is 1. The Hall–Kier alpha value is -2.59. The first kappa shape index (κ1) is 15.3. The van der Waals surface area contributed by atoms with E-state index in [1.165, 1.54) is 23.9 Å². The van der Waals surface area contributed by atoms with Gasteiger partial charge in [0, 0.05) is 12.3 Å². The molecular formula is C16H12FN3O2S. The molecule has 1 amide bonds. The minimum Gasteiger partial charge on any atom is -0.310 e. The van der Waals surface area contributed by atoms with Crippen LogP contribution in [0.3, 0.4) is 0 Å². The maximum Gasteiger partial charge on any atom is 0.257 e. The van der Waals surface area contributed by atoms with E-state index in [0.717, 1.165) is 0 Å². The SMILES string of the molecule is C#CCSc1nc2c(c(=O)[nH]1)[C@@H](c1cccc(F)c1)CC(=O)N2. The molecule has 5 nitrogen and oxygen atoms in total. The fraction of sp³-hybridized carbons (Fsp3) is 0.188. The molecule has 0 bridgehead atoms. The third-order valence-corrected chi connectivity index (χ3v) is 4.25. The number of thioether (sulfide) groups is 1. The number of halogens is 1. The van der Waals surface area contributed by atoms with Crippen molar-refractivity contribution >= 4 is 23.5 Å². The van der Waals surface area contributed by atoms with E-state index in [4.69, 9.17) is 6.42 Å². The zero-order valence-electron chi connectivity index (χ0n) is 11.9. The molecule has 23 heavy (non-hydrogen) atoms. The number of carbonyl (C=O) groups excluding carboxylic acids is 1. The van der Waals surface area contributed by atoms with Gasteiger partial charge < -0.3 is 10.3 Å². The second kappa shape index (κ2) is 6.26. The lowest BCUT2D eigenvalue weighted by Gasteiger charge is -2.24. The van der Waals surface area contributed by atoms with E-state index in [1.807, 2.05) is 0 Å². The number of aromatic amines is 1. The molecule has 1 aliphatic rings. The van der Waals surface area contributed by atoms with Crippen LogP contribution in [0.15, 0.2) is 34.2 Å². The molecule has 0 fully saturated rings. The maximum absolute atomic E-state index is 13.5. The number of hydrogen-bond donors (Lipinski definition) is 2. The lowest BCUT2D eigenvalue weighted by molar-refractivity contribution is -0.116. The van der Waals surface area contributed by atoms with Crippen molar-refractivity contribution < 1.29 is 9.18 Å². The third-order valence-electron chi connectivity index (χ3n) is 3.47. The Bertz CT molecular complexity index is 872. The highest BCUT2D eigenvalue weighted by Gasteiger charge is 2.31. The summed E-state index contributed by atoms with van der Waals surface area (Å²) in [5.74, 6) is 1.78. The summed E-state index contributed by atoms with van der Waals surface area (Å²) in [6.45, 7) is 0. The summed E-state index contributed by atoms with van der Waals surface area (Å²) in [5, 5.41) is 2.94. The van der Waals surface area contributed by atoms with Crippen LogP contribution >= 0.6 is 11.8 Å². The van der Waals surface area contributed by atoms with Crippen LogP contribution in [0.5, 0.6) is 0 Å². The Morgan fingerprint density at radius 1 is 1.43 bits per heavy atom. The number of terminal acetylenes is 1. The van der Waals surface area contributed by atoms with Crippen LogP contribution in [0, 0.1) is 18.2 Å². The number of nitrogens with zero attached hydrogens (tertiary/aromatic N) is 1. The molecule has 116 valence electrons. The minimum atomic E-state index is -0.530. The summed E-state index contributed by atoms with van der Waals surface area (Å²) < 4.78 is 13.5. The van der Waals surface area contributed by atoms with Crippen molar-refractivity contribution in [1.82, 2.24) is 9.97 Å². The smallest absolute Gasteiger partial charge is 0.257 e. The zero-order valence-corrected chi connectivity index (χ0v) is 12.7. The Balaban J connectivity index is 2.09. The Labute approximate surface area is 135 Å². The molecule has 0 saturated heterocycles. The van der Waals surface area contributed by atoms with Gasteiger partial charge in [-0.3, -0.25) is 9.59 Å². The predicted octanol–water partition coefficient (Wildman–Crippen LogP) is 2.11. The van der Waals surface area contributed by atoms with Gasteiger partial charge in [0.05, 0.1) is 11.3 Å². The van der Waals surface area contributed by atoms with Gasteiger partial charge in [0.15, 0.2) is 5.16 Å². The molecule has 0 saturated carbocycles. The second-order valence-electron chi connectivity index (χ2n) is 4.99. The summed E-state index contributed by atoms with van der Waals surface area (Å²) in [7, 11) is 0. The van der Waals surface area contributed by atoms with Gasteiger partial charge in [0.2, 0.25) is 5.91 Å². The van der Waals surface area contributed by atoms with Gasteiger partial charge in [-0.1, -0.05) is 29.8 Å². The number of H-pyrrole nitrogens is 1. The number of anilines is 1. The molecular weight excluding hydrogens is 317 g/mol. The van der Waals surface area contributed by atoms with E-state index in [1.54, 1.807) is 12.1 Å². The minimum absolute atomic E-state index is 0.0675. The van der Waals surface area contributed by atoms with E-state index in [9.17, 15) is 14.0 Å². The van der Waals surface area contributed by atoms with Crippen molar-refractivity contribution in [2.75, 3.05) is 11.1 Å². The molecule has 2 heterocycles. The van der Waals surface area contributed by atoms with Crippen molar-refractivity contribution in [1.29, 1.82) is 0 Å². The highest BCUT2D eigenvalue weighted by atomic mass is 32.2. The number of rotatable bonds is 3. The molecule has 1 aromatic heterocycles. The summed E-state index contributed by atoms with van der Waals surface area (Å²) >= 11 is 1.19. The van der Waals surface area contributed by atoms with Crippen molar-refractivity contribution in [2.45, 2.75) is 17.5 Å². The van der Waals surface area contributed by atoms with E-state index < -0.39 is 11.7 Å². The fourth-order valence-corrected chi connectivity index (χ4v) is 3.08. The van der Waals surface area contributed by atoms with Crippen LogP contribution in [-0.4, -0.2) is 21.6 Å². The maximum atomic E-state index is 13.5. The van der Waals surface area contributed by atoms with Gasteiger partial charge in [-0.25, -0.2) is 9.37 Å². The normalized spacial score (nSPS) is 16.3. The molecule has 2 aromatic rings. The van der Waals surface area contributed by atoms with Crippen molar-refractivity contribution in [2.24, 2.45) is 0 Å². The Kier molecular flexibility index (Phi) is 4.17. The standard InChI is InChI=1S/C16H12FN3O2S/c1-2-6-23-16-19-14-13(15(22)20-16)11(8-12(21)18-14)9-4-3-5-10(17)7-9/h1,3-5,7,11H,6,8H2,(H2,18,19,20,21,22)/t11-/m1/s1. The van der Waals surface area contributed by atoms with E-state index in [2.05, 4.69) is 21.2 Å². The summed E-state index contributed by atoms with van der Waals surface area (Å²) in [6.07, 6.45) is 5.26. The monoisotopic (exact) mass is 329 g/mol. The van der Waals surface area contributed by atoms with Crippen LogP contribution in [0.25, 0.3) is 0 Å². The van der Waals surface area contributed by atoms with E-state index in [0.29, 0.717) is 22.0 Å². The quantitative estimate of drug-likeness (QED) is 0.514. The number of benzene rings is 1. The topological polar surface area (TPSA) is 74.8 Å². The zero-order chi connectivity index (χ0) is 16.4. The van der Waals surface area contributed by atoms with Crippen molar-refractivity contribution in [3.63, 3.8) is 0 Å². The lowest BCUT2D eigenvalue weighted by atomic mass is 9.87. The third kappa shape index (κ3) is 3.12. The van der Waals surface area contributed by atoms with Crippen LogP contribution in [0.2, 0.25) is 0 Å². The highest BCUT2D eigenvalue weighted by Crippen LogP contribution is 2.34. The molecule has 0 spiro atoms. The molecule has 0 aliphatic carbocycles. The van der Waals surface area contributed by atoms with E-state index in [-0.39, 0.29) is 23.7 Å². The number of amides is 1. The van der Waals surface area contributed by atoms with Gasteiger partial charge in [0.1, 0.15) is 11.6 Å². The first-order valence-electron chi connectivity index (χ1n) is 6.84. The van der Waals surface area contributed by atoms with Crippen LogP contribution in [0.1, 0.15) is 23.5 Å². The van der Waals surface area contributed by atoms with Gasteiger partial charge in [-0.05, 0) is 17.7 Å². The first-order valence-corrected chi connectivity index (χ1v) is 7.83. The Morgan fingerprint density at radius 2 is 2.26 bits per heavy atom. The van der Waals surface area contributed by atoms with Crippen LogP contribution < -0.4 is 10.9 Å². The molecule has 7 heteroatoms. The highest BCUT2D eigenvalue weighted by molar-refractivity contribution is 7.99. The van der Waals surface area contributed by atoms with Crippen molar-refractivity contribution in [3.05, 3.63) is 51.6 Å². The van der Waals surface area contributed by atoms with E-state index >= 15 is 0 Å². The van der Waals surface area contributed by atoms with Gasteiger partial charge >= 0.3 is 0 Å².